The Labute approximate surface area is 211 Å². The predicted molar refractivity (Wildman–Crippen MR) is 144 cm³/mol. The molecular weight excluding hydrogens is 456 g/mol. The maximum absolute atomic E-state index is 11.9. The second kappa shape index (κ2) is 14.5. The first-order chi connectivity index (χ1) is 17.2. The van der Waals surface area contributed by atoms with Crippen LogP contribution in [0.1, 0.15) is 64.7 Å². The van der Waals surface area contributed by atoms with Crippen LogP contribution in [-0.2, 0) is 4.18 Å². The molecule has 35 heavy (non-hydrogen) atoms. The third kappa shape index (κ3) is 7.79. The van der Waals surface area contributed by atoms with Crippen molar-refractivity contribution in [3.8, 4) is 5.75 Å². The summed E-state index contributed by atoms with van der Waals surface area (Å²) in [6.45, 7) is 2.94. The maximum Gasteiger partial charge on any atom is 0.517 e. The van der Waals surface area contributed by atoms with Crippen molar-refractivity contribution in [1.29, 1.82) is 0 Å². The lowest BCUT2D eigenvalue weighted by Gasteiger charge is -2.38. The third-order valence-corrected chi connectivity index (χ3v) is 9.22. The molecule has 3 aromatic rings. The molecule has 0 bridgehead atoms. The van der Waals surface area contributed by atoms with E-state index >= 15 is 0 Å². The average Bonchev–Trinajstić information content (AvgIpc) is 2.90. The summed E-state index contributed by atoms with van der Waals surface area (Å²) in [5.41, 5.74) is 0. The van der Waals surface area contributed by atoms with E-state index in [4.69, 9.17) is 8.92 Å². The molecule has 0 amide bonds. The van der Waals surface area contributed by atoms with E-state index in [1.54, 1.807) is 0 Å². The number of carboxylic acid groups (broad SMARTS) is 1. The largest absolute Gasteiger partial charge is 0.517 e. The van der Waals surface area contributed by atoms with Crippen LogP contribution in [0.4, 0.5) is 4.79 Å². The number of ether oxygens (including phenoxy) is 1. The van der Waals surface area contributed by atoms with Gasteiger partial charge in [0.25, 0.3) is 0 Å². The molecule has 188 valence electrons. The lowest BCUT2D eigenvalue weighted by molar-refractivity contribution is 0.150. The molecule has 0 aliphatic heterocycles. The predicted octanol–water partition coefficient (Wildman–Crippen LogP) is 9.49. The molecule has 0 saturated heterocycles. The van der Waals surface area contributed by atoms with Crippen molar-refractivity contribution < 1.29 is 18.8 Å². The first kappa shape index (κ1) is 26.7. The van der Waals surface area contributed by atoms with Gasteiger partial charge in [-0.05, 0) is 65.3 Å². The quantitative estimate of drug-likeness (QED) is 0.214. The minimum atomic E-state index is -2.45. The number of hydrogen-bond donors (Lipinski definition) is 1. The normalized spacial score (nSPS) is 11.7. The fourth-order valence-corrected chi connectivity index (χ4v) is 7.13. The Kier molecular flexibility index (Phi) is 11.0. The number of unbranched alkanes of at least 4 members (excludes halogenated alkanes) is 8. The highest BCUT2D eigenvalue weighted by molar-refractivity contribution is 8.30. The van der Waals surface area contributed by atoms with E-state index in [9.17, 15) is 9.90 Å². The van der Waals surface area contributed by atoms with Crippen molar-refractivity contribution in [2.45, 2.75) is 79.4 Å². The van der Waals surface area contributed by atoms with Crippen LogP contribution >= 0.6 is 10.3 Å². The Morgan fingerprint density at radius 1 is 0.657 bits per heavy atom. The number of hydrogen-bond acceptors (Lipinski definition) is 3. The van der Waals surface area contributed by atoms with Crippen LogP contribution in [0.5, 0.6) is 5.75 Å². The summed E-state index contributed by atoms with van der Waals surface area (Å²) in [7, 11) is -2.45. The van der Waals surface area contributed by atoms with Crippen LogP contribution in [0.25, 0.3) is 0 Å². The van der Waals surface area contributed by atoms with E-state index in [2.05, 4.69) is 6.92 Å². The molecule has 0 aliphatic carbocycles. The number of carbonyl (C=O) groups is 1. The zero-order chi connectivity index (χ0) is 24.8. The molecule has 0 aliphatic rings. The van der Waals surface area contributed by atoms with E-state index in [1.807, 2.05) is 84.9 Å². The van der Waals surface area contributed by atoms with Gasteiger partial charge in [-0.1, -0.05) is 94.7 Å². The minimum absolute atomic E-state index is 0.691. The summed E-state index contributed by atoms with van der Waals surface area (Å²) >= 11 is 0. The lowest BCUT2D eigenvalue weighted by atomic mass is 10.1. The molecular formula is C30H38O4S. The van der Waals surface area contributed by atoms with E-state index in [0.29, 0.717) is 6.61 Å². The molecule has 0 saturated carbocycles. The molecule has 4 nitrogen and oxygen atoms in total. The second-order valence-corrected chi connectivity index (χ2v) is 11.4. The fraction of sp³-hybridized carbons (Fsp3) is 0.367. The van der Waals surface area contributed by atoms with Gasteiger partial charge >= 0.3 is 6.16 Å². The zero-order valence-electron chi connectivity index (χ0n) is 20.7. The van der Waals surface area contributed by atoms with E-state index in [1.165, 1.54) is 51.4 Å². The van der Waals surface area contributed by atoms with Gasteiger partial charge in [-0.15, -0.1) is 0 Å². The highest BCUT2D eigenvalue weighted by Gasteiger charge is 2.35. The Morgan fingerprint density at radius 2 is 1.11 bits per heavy atom. The molecule has 1 N–H and O–H groups in total. The van der Waals surface area contributed by atoms with Gasteiger partial charge in [0.2, 0.25) is 0 Å². The molecule has 0 aromatic heterocycles. The molecule has 0 spiro atoms. The standard InChI is InChI=1S/C30H38O4S/c1-2-3-4-5-6-7-8-9-16-25-33-26-21-23-29(24-22-26)35(34-30(31)32,27-17-12-10-13-18-27)28-19-14-11-15-20-28/h10-15,17-24H,2-9,16,25H2,1H3,(H,31,32). The first-order valence-electron chi connectivity index (χ1n) is 12.8. The van der Waals surface area contributed by atoms with Gasteiger partial charge < -0.3 is 14.0 Å². The minimum Gasteiger partial charge on any atom is -0.494 e. The van der Waals surface area contributed by atoms with Crippen molar-refractivity contribution in [3.63, 3.8) is 0 Å². The Hall–Kier alpha value is -2.92. The highest BCUT2D eigenvalue weighted by atomic mass is 32.3. The van der Waals surface area contributed by atoms with E-state index < -0.39 is 16.5 Å². The van der Waals surface area contributed by atoms with Gasteiger partial charge in [0.1, 0.15) is 5.75 Å². The highest BCUT2D eigenvalue weighted by Crippen LogP contribution is 2.69. The number of rotatable bonds is 15. The van der Waals surface area contributed by atoms with Gasteiger partial charge in [0, 0.05) is 14.7 Å². The van der Waals surface area contributed by atoms with Crippen molar-refractivity contribution >= 4 is 16.5 Å². The summed E-state index contributed by atoms with van der Waals surface area (Å²) in [5, 5.41) is 9.72. The van der Waals surface area contributed by atoms with Gasteiger partial charge in [-0.2, -0.15) is 0 Å². The van der Waals surface area contributed by atoms with E-state index in [-0.39, 0.29) is 0 Å². The van der Waals surface area contributed by atoms with Crippen LogP contribution < -0.4 is 4.74 Å². The average molecular weight is 495 g/mol. The molecule has 5 heteroatoms. The Balaban J connectivity index is 1.66. The van der Waals surface area contributed by atoms with Crippen molar-refractivity contribution in [2.24, 2.45) is 0 Å². The second-order valence-electron chi connectivity index (χ2n) is 8.68. The fourth-order valence-electron chi connectivity index (χ4n) is 4.21. The smallest absolute Gasteiger partial charge is 0.494 e. The lowest BCUT2D eigenvalue weighted by Crippen LogP contribution is -2.12. The Morgan fingerprint density at radius 3 is 1.60 bits per heavy atom. The number of benzene rings is 3. The van der Waals surface area contributed by atoms with Crippen LogP contribution in [0.2, 0.25) is 0 Å². The van der Waals surface area contributed by atoms with Crippen LogP contribution in [0.3, 0.4) is 0 Å². The van der Waals surface area contributed by atoms with Gasteiger partial charge in [0.15, 0.2) is 0 Å². The van der Waals surface area contributed by atoms with Gasteiger partial charge in [-0.3, -0.25) is 0 Å². The summed E-state index contributed by atoms with van der Waals surface area (Å²) < 4.78 is 11.7. The molecule has 0 atom stereocenters. The monoisotopic (exact) mass is 494 g/mol. The van der Waals surface area contributed by atoms with E-state index in [0.717, 1.165) is 26.9 Å². The summed E-state index contributed by atoms with van der Waals surface area (Å²) in [6.07, 6.45) is 10.2. The SMILES string of the molecule is CCCCCCCCCCCOc1ccc(S(OC(=O)O)(c2ccccc2)c2ccccc2)cc1. The van der Waals surface area contributed by atoms with Crippen molar-refractivity contribution in [2.75, 3.05) is 6.61 Å². The summed E-state index contributed by atoms with van der Waals surface area (Å²) in [5.74, 6) is 0.790. The summed E-state index contributed by atoms with van der Waals surface area (Å²) in [4.78, 5) is 14.4. The van der Waals surface area contributed by atoms with Crippen LogP contribution in [0, 0.1) is 0 Å². The van der Waals surface area contributed by atoms with Crippen LogP contribution in [0.15, 0.2) is 99.6 Å². The molecule has 0 heterocycles. The molecule has 0 fully saturated rings. The molecule has 3 aromatic carbocycles. The van der Waals surface area contributed by atoms with Crippen molar-refractivity contribution in [1.82, 2.24) is 0 Å². The molecule has 0 radical (unpaired) electrons. The summed E-state index contributed by atoms with van der Waals surface area (Å²) in [6, 6.07) is 26.9. The van der Waals surface area contributed by atoms with Crippen LogP contribution in [-0.4, -0.2) is 17.9 Å². The molecule has 3 rings (SSSR count). The van der Waals surface area contributed by atoms with Crippen molar-refractivity contribution in [3.05, 3.63) is 84.9 Å². The molecule has 0 unspecified atom stereocenters. The third-order valence-electron chi connectivity index (χ3n) is 6.02. The maximum atomic E-state index is 11.9. The Bertz CT molecular complexity index is 950. The van der Waals surface area contributed by atoms with Gasteiger partial charge in [-0.25, -0.2) is 4.79 Å². The first-order valence-corrected chi connectivity index (χ1v) is 14.3. The van der Waals surface area contributed by atoms with Gasteiger partial charge in [0.05, 0.1) is 6.61 Å². The zero-order valence-corrected chi connectivity index (χ0v) is 21.6. The topological polar surface area (TPSA) is 55.8 Å².